The molecule has 0 radical (unpaired) electrons. The molecule has 0 heterocycles. The molecule has 0 bridgehead atoms. The van der Waals surface area contributed by atoms with E-state index in [0.29, 0.717) is 12.2 Å². The van der Waals surface area contributed by atoms with Gasteiger partial charge in [-0.1, -0.05) is 38.6 Å². The number of hydrogen-bond donors (Lipinski definition) is 0. The molecule has 2 nitrogen and oxygen atoms in total. The summed E-state index contributed by atoms with van der Waals surface area (Å²) in [7, 11) is 0.212. The second-order valence-electron chi connectivity index (χ2n) is 4.70. The fourth-order valence-electron chi connectivity index (χ4n) is 1.98. The maximum atomic E-state index is 11.8. The minimum Gasteiger partial charge on any atom is -0.462 e. The second kappa shape index (κ2) is 9.72. The summed E-state index contributed by atoms with van der Waals surface area (Å²) in [6, 6.07) is 7.32. The normalized spacial score (nSPS) is 10.6. The monoisotopic (exact) mass is 292 g/mol. The Bertz CT molecular complexity index is 408. The summed E-state index contributed by atoms with van der Waals surface area (Å²) in [4.78, 5) is 11.8. The minimum absolute atomic E-state index is 0.212. The number of carbonyl (C=O) groups is 1. The van der Waals surface area contributed by atoms with Gasteiger partial charge in [-0.25, -0.2) is 4.79 Å². The van der Waals surface area contributed by atoms with Crippen molar-refractivity contribution in [3.63, 3.8) is 0 Å². The summed E-state index contributed by atoms with van der Waals surface area (Å²) in [5.41, 5.74) is 1.62. The van der Waals surface area contributed by atoms with E-state index < -0.39 is 0 Å². The second-order valence-corrected chi connectivity index (χ2v) is 7.75. The third-order valence-corrected chi connectivity index (χ3v) is 6.12. The van der Waals surface area contributed by atoms with E-state index in [9.17, 15) is 4.79 Å². The van der Waals surface area contributed by atoms with Crippen LogP contribution in [-0.4, -0.2) is 31.1 Å². The molecule has 1 aromatic carbocycles. The van der Waals surface area contributed by atoms with Crippen LogP contribution in [0.1, 0.15) is 42.6 Å². The first-order valence-corrected chi connectivity index (χ1v) is 9.23. The van der Waals surface area contributed by atoms with E-state index in [1.54, 1.807) is 18.2 Å². The lowest BCUT2D eigenvalue weighted by atomic mass is 10.1. The number of rotatable bonds is 9. The van der Waals surface area contributed by atoms with Gasteiger partial charge in [0, 0.05) is 0 Å². The van der Waals surface area contributed by atoms with Crippen LogP contribution >= 0.6 is 7.92 Å². The molecule has 1 aromatic rings. The van der Waals surface area contributed by atoms with Gasteiger partial charge in [-0.2, -0.15) is 0 Å². The van der Waals surface area contributed by atoms with Crippen molar-refractivity contribution in [1.82, 2.24) is 0 Å². The summed E-state index contributed by atoms with van der Waals surface area (Å²) in [6.07, 6.45) is 7.80. The van der Waals surface area contributed by atoms with E-state index in [1.165, 1.54) is 18.5 Å². The number of ether oxygens (including phenoxy) is 1. The number of carbonyl (C=O) groups excluding carboxylic acids is 1. The predicted octanol–water partition coefficient (Wildman–Crippen LogP) is 4.79. The van der Waals surface area contributed by atoms with Gasteiger partial charge in [-0.15, -0.1) is 7.92 Å². The summed E-state index contributed by atoms with van der Waals surface area (Å²) < 4.78 is 5.29. The van der Waals surface area contributed by atoms with Crippen LogP contribution < -0.4 is 0 Å². The Morgan fingerprint density at radius 3 is 2.40 bits per heavy atom. The van der Waals surface area contributed by atoms with Gasteiger partial charge in [-0.3, -0.25) is 0 Å². The lowest BCUT2D eigenvalue weighted by molar-refractivity contribution is 0.0500. The van der Waals surface area contributed by atoms with E-state index in [1.807, 2.05) is 12.1 Å². The van der Waals surface area contributed by atoms with Gasteiger partial charge in [-0.05, 0) is 49.0 Å². The average Bonchev–Trinajstić information content (AvgIpc) is 2.50. The largest absolute Gasteiger partial charge is 0.462 e. The van der Waals surface area contributed by atoms with Crippen molar-refractivity contribution in [3.05, 3.63) is 42.0 Å². The first kappa shape index (κ1) is 16.9. The predicted molar refractivity (Wildman–Crippen MR) is 88.9 cm³/mol. The Balaban J connectivity index is 2.24. The molecule has 0 aromatic heterocycles. The smallest absolute Gasteiger partial charge is 0.338 e. The zero-order valence-corrected chi connectivity index (χ0v) is 13.5. The molecule has 0 atom stereocenters. The maximum Gasteiger partial charge on any atom is 0.338 e. The van der Waals surface area contributed by atoms with Crippen LogP contribution in [0, 0.1) is 0 Å². The molecule has 0 N–H and O–H groups in total. The van der Waals surface area contributed by atoms with E-state index in [4.69, 9.17) is 4.74 Å². The molecule has 0 aliphatic carbocycles. The zero-order chi connectivity index (χ0) is 14.8. The molecule has 0 unspecified atom stereocenters. The van der Waals surface area contributed by atoms with Gasteiger partial charge < -0.3 is 4.74 Å². The first-order chi connectivity index (χ1) is 9.71. The number of esters is 1. The molecule has 0 spiro atoms. The molecule has 0 saturated carbocycles. The van der Waals surface area contributed by atoms with Crippen LogP contribution in [0.4, 0.5) is 0 Å². The minimum atomic E-state index is -0.228. The fraction of sp³-hybridized carbons (Fsp3) is 0.471. The molecule has 20 heavy (non-hydrogen) atoms. The first-order valence-electron chi connectivity index (χ1n) is 7.33. The van der Waals surface area contributed by atoms with Crippen molar-refractivity contribution in [1.29, 1.82) is 0 Å². The van der Waals surface area contributed by atoms with Crippen molar-refractivity contribution < 1.29 is 9.53 Å². The van der Waals surface area contributed by atoms with Crippen molar-refractivity contribution in [3.8, 4) is 0 Å². The van der Waals surface area contributed by atoms with Crippen molar-refractivity contribution in [2.24, 2.45) is 0 Å². The van der Waals surface area contributed by atoms with Gasteiger partial charge >= 0.3 is 5.97 Å². The summed E-state index contributed by atoms with van der Waals surface area (Å²) >= 11 is 0. The molecule has 0 fully saturated rings. The van der Waals surface area contributed by atoms with Crippen LogP contribution in [0.25, 0.3) is 6.08 Å². The van der Waals surface area contributed by atoms with Crippen LogP contribution in [0.5, 0.6) is 0 Å². The third-order valence-electron chi connectivity index (χ3n) is 3.38. The molecular formula is C17H25O2P. The summed E-state index contributed by atoms with van der Waals surface area (Å²) in [5, 5.41) is 0. The average molecular weight is 292 g/mol. The zero-order valence-electron chi connectivity index (χ0n) is 12.6. The highest BCUT2D eigenvalue weighted by molar-refractivity contribution is 7.57. The Labute approximate surface area is 124 Å². The van der Waals surface area contributed by atoms with Gasteiger partial charge in [0.15, 0.2) is 0 Å². The van der Waals surface area contributed by atoms with E-state index in [-0.39, 0.29) is 13.9 Å². The van der Waals surface area contributed by atoms with Gasteiger partial charge in [0.1, 0.15) is 0 Å². The van der Waals surface area contributed by atoms with Crippen molar-refractivity contribution >= 4 is 20.0 Å². The number of hydrogen-bond acceptors (Lipinski definition) is 2. The highest BCUT2D eigenvalue weighted by Gasteiger charge is 2.07. The molecule has 0 amide bonds. The van der Waals surface area contributed by atoms with E-state index in [0.717, 1.165) is 18.4 Å². The Hall–Kier alpha value is -1.14. The Morgan fingerprint density at radius 1 is 1.20 bits per heavy atom. The van der Waals surface area contributed by atoms with Gasteiger partial charge in [0.2, 0.25) is 0 Å². The highest BCUT2D eigenvalue weighted by Crippen LogP contribution is 2.34. The molecular weight excluding hydrogens is 267 g/mol. The molecule has 110 valence electrons. The van der Waals surface area contributed by atoms with Gasteiger partial charge in [0.05, 0.1) is 12.2 Å². The van der Waals surface area contributed by atoms with Gasteiger partial charge in [0.25, 0.3) is 0 Å². The lowest BCUT2D eigenvalue weighted by Crippen LogP contribution is -2.06. The van der Waals surface area contributed by atoms with Crippen molar-refractivity contribution in [2.45, 2.75) is 26.7 Å². The standard InChI is InChI=1S/C17H25O2P/c1-4-15-9-11-16(12-10-15)17(18)19-13-7-8-14-20(5-2)6-3/h4,9-12H,1,5-8,13-14H2,2-3H3. The quantitative estimate of drug-likeness (QED) is 0.371. The maximum absolute atomic E-state index is 11.8. The summed E-state index contributed by atoms with van der Waals surface area (Å²) in [6.45, 7) is 8.75. The van der Waals surface area contributed by atoms with Crippen LogP contribution in [0.3, 0.4) is 0 Å². The van der Waals surface area contributed by atoms with E-state index in [2.05, 4.69) is 20.4 Å². The highest BCUT2D eigenvalue weighted by atomic mass is 31.1. The molecule has 0 aliphatic heterocycles. The van der Waals surface area contributed by atoms with Crippen LogP contribution in [-0.2, 0) is 4.74 Å². The Kier molecular flexibility index (Phi) is 8.22. The van der Waals surface area contributed by atoms with Crippen LogP contribution in [0.2, 0.25) is 0 Å². The molecule has 0 aliphatic rings. The molecule has 3 heteroatoms. The topological polar surface area (TPSA) is 26.3 Å². The van der Waals surface area contributed by atoms with Crippen LogP contribution in [0.15, 0.2) is 30.8 Å². The number of benzene rings is 1. The van der Waals surface area contributed by atoms with Crippen molar-refractivity contribution in [2.75, 3.05) is 25.1 Å². The van der Waals surface area contributed by atoms with E-state index >= 15 is 0 Å². The third kappa shape index (κ3) is 5.88. The Morgan fingerprint density at radius 2 is 1.85 bits per heavy atom. The number of unbranched alkanes of at least 4 members (excludes halogenated alkanes) is 1. The fourth-order valence-corrected chi connectivity index (χ4v) is 3.73. The SMILES string of the molecule is C=Cc1ccc(C(=O)OCCCCP(CC)CC)cc1. The summed E-state index contributed by atoms with van der Waals surface area (Å²) in [5.74, 6) is -0.228. The lowest BCUT2D eigenvalue weighted by Gasteiger charge is -2.12. The molecule has 0 saturated heterocycles. The molecule has 1 rings (SSSR count).